The molecular weight excluding hydrogens is 188 g/mol. The molecule has 0 bridgehead atoms. The topological polar surface area (TPSA) is 43.6 Å². The molecular formula is C8H7ClN4. The molecule has 0 aliphatic heterocycles. The molecule has 66 valence electrons. The molecule has 0 amide bonds. The summed E-state index contributed by atoms with van der Waals surface area (Å²) in [5.41, 5.74) is 1.02. The van der Waals surface area contributed by atoms with Crippen LogP contribution in [0.2, 0.25) is 5.28 Å². The molecule has 4 nitrogen and oxygen atoms in total. The third-order valence-corrected chi connectivity index (χ3v) is 1.76. The van der Waals surface area contributed by atoms with E-state index in [1.54, 1.807) is 17.0 Å². The fraction of sp³-hybridized carbons (Fsp3) is 0.125. The van der Waals surface area contributed by atoms with E-state index in [4.69, 9.17) is 13.0 Å². The minimum Gasteiger partial charge on any atom is -0.311 e. The Bertz CT molecular complexity index is 493. The predicted molar refractivity (Wildman–Crippen MR) is 50.5 cm³/mol. The van der Waals surface area contributed by atoms with Crippen molar-refractivity contribution < 1.29 is 1.37 Å². The van der Waals surface area contributed by atoms with Crippen LogP contribution in [0.15, 0.2) is 25.2 Å². The summed E-state index contributed by atoms with van der Waals surface area (Å²) in [7, 11) is 0. The molecule has 13 heavy (non-hydrogen) atoms. The summed E-state index contributed by atoms with van der Waals surface area (Å²) in [5.74, 6) is 0. The number of fused-ring (bicyclic) bond motifs is 1. The summed E-state index contributed by atoms with van der Waals surface area (Å²) in [6.45, 7) is 4.20. The van der Waals surface area contributed by atoms with Gasteiger partial charge in [0.25, 0.3) is 0 Å². The Labute approximate surface area is 81.3 Å². The molecule has 0 fully saturated rings. The molecule has 0 unspecified atom stereocenters. The fourth-order valence-electron chi connectivity index (χ4n) is 1.06. The van der Waals surface area contributed by atoms with Gasteiger partial charge in [-0.3, -0.25) is 0 Å². The summed E-state index contributed by atoms with van der Waals surface area (Å²) in [4.78, 5) is 11.7. The average Bonchev–Trinajstić information content (AvgIpc) is 2.49. The normalized spacial score (nSPS) is 11.6. The molecule has 0 saturated heterocycles. The van der Waals surface area contributed by atoms with Gasteiger partial charge in [0, 0.05) is 6.54 Å². The van der Waals surface area contributed by atoms with Crippen molar-refractivity contribution in [1.29, 1.82) is 0 Å². The van der Waals surface area contributed by atoms with E-state index in [9.17, 15) is 0 Å². The average molecular weight is 196 g/mol. The SMILES string of the molecule is [2H]c1nc(Cl)nc2c1ncn2CC=C. The first-order valence-electron chi connectivity index (χ1n) is 4.18. The molecule has 2 aromatic heterocycles. The van der Waals surface area contributed by atoms with E-state index in [0.717, 1.165) is 0 Å². The summed E-state index contributed by atoms with van der Waals surface area (Å²) in [6.07, 6.45) is 3.36. The molecule has 0 aliphatic rings. The number of hydrogen-bond acceptors (Lipinski definition) is 3. The maximum absolute atomic E-state index is 7.51. The highest BCUT2D eigenvalue weighted by atomic mass is 35.5. The van der Waals surface area contributed by atoms with Crippen molar-refractivity contribution in [2.24, 2.45) is 0 Å². The van der Waals surface area contributed by atoms with Crippen molar-refractivity contribution in [1.82, 2.24) is 19.5 Å². The Morgan fingerprint density at radius 3 is 3.31 bits per heavy atom. The van der Waals surface area contributed by atoms with E-state index < -0.39 is 0 Å². The van der Waals surface area contributed by atoms with Gasteiger partial charge < -0.3 is 4.57 Å². The van der Waals surface area contributed by atoms with Crippen molar-refractivity contribution >= 4 is 22.8 Å². The number of nitrogens with zero attached hydrogens (tertiary/aromatic N) is 4. The molecule has 2 aromatic rings. The van der Waals surface area contributed by atoms with Crippen LogP contribution in [-0.2, 0) is 6.54 Å². The Hall–Kier alpha value is -1.42. The van der Waals surface area contributed by atoms with Crippen molar-refractivity contribution in [3.63, 3.8) is 0 Å². The highest BCUT2D eigenvalue weighted by Gasteiger charge is 2.03. The molecule has 2 rings (SSSR count). The van der Waals surface area contributed by atoms with Gasteiger partial charge in [0.1, 0.15) is 5.52 Å². The van der Waals surface area contributed by atoms with Gasteiger partial charge in [0.05, 0.1) is 13.9 Å². The lowest BCUT2D eigenvalue weighted by Crippen LogP contribution is -1.94. The first kappa shape index (κ1) is 7.03. The number of aromatic nitrogens is 4. The third kappa shape index (κ3) is 1.40. The van der Waals surface area contributed by atoms with Crippen LogP contribution in [0, 0.1) is 0 Å². The second-order valence-corrected chi connectivity index (χ2v) is 2.80. The molecule has 0 atom stereocenters. The van der Waals surface area contributed by atoms with Gasteiger partial charge in [-0.15, -0.1) is 6.58 Å². The van der Waals surface area contributed by atoms with Gasteiger partial charge in [-0.2, -0.15) is 4.98 Å². The van der Waals surface area contributed by atoms with Crippen LogP contribution in [-0.4, -0.2) is 19.5 Å². The zero-order chi connectivity index (χ0) is 10.1. The fourth-order valence-corrected chi connectivity index (χ4v) is 1.18. The largest absolute Gasteiger partial charge is 0.311 e. The second kappa shape index (κ2) is 3.14. The van der Waals surface area contributed by atoms with Crippen molar-refractivity contribution in [2.75, 3.05) is 0 Å². The smallest absolute Gasteiger partial charge is 0.224 e. The third-order valence-electron chi connectivity index (χ3n) is 1.59. The summed E-state index contributed by atoms with van der Waals surface area (Å²) < 4.78 is 9.27. The zero-order valence-electron chi connectivity index (χ0n) is 7.74. The molecule has 0 aliphatic carbocycles. The van der Waals surface area contributed by atoms with E-state index in [1.807, 2.05) is 0 Å². The Morgan fingerprint density at radius 2 is 2.54 bits per heavy atom. The lowest BCUT2D eigenvalue weighted by Gasteiger charge is -1.97. The molecule has 0 radical (unpaired) electrons. The lowest BCUT2D eigenvalue weighted by atomic mass is 10.5. The zero-order valence-corrected chi connectivity index (χ0v) is 7.49. The number of rotatable bonds is 2. The van der Waals surface area contributed by atoms with Gasteiger partial charge in [0.2, 0.25) is 5.28 Å². The Balaban J connectivity index is 2.71. The minimum absolute atomic E-state index is 0.0443. The van der Waals surface area contributed by atoms with E-state index in [0.29, 0.717) is 17.7 Å². The Morgan fingerprint density at radius 1 is 1.69 bits per heavy atom. The summed E-state index contributed by atoms with van der Waals surface area (Å²) in [5, 5.41) is 0.0633. The van der Waals surface area contributed by atoms with Crippen LogP contribution in [0.25, 0.3) is 11.2 Å². The number of imidazole rings is 1. The monoisotopic (exact) mass is 195 g/mol. The number of hydrogen-bond donors (Lipinski definition) is 0. The van der Waals surface area contributed by atoms with Crippen molar-refractivity contribution in [3.8, 4) is 0 Å². The maximum atomic E-state index is 7.51. The van der Waals surface area contributed by atoms with Crippen LogP contribution < -0.4 is 0 Å². The molecule has 0 aromatic carbocycles. The van der Waals surface area contributed by atoms with Gasteiger partial charge in [-0.05, 0) is 11.6 Å². The van der Waals surface area contributed by atoms with Gasteiger partial charge in [-0.1, -0.05) is 6.08 Å². The first-order valence-corrected chi connectivity index (χ1v) is 4.06. The highest BCUT2D eigenvalue weighted by molar-refractivity contribution is 6.28. The highest BCUT2D eigenvalue weighted by Crippen LogP contribution is 2.10. The number of halogens is 1. The van der Waals surface area contributed by atoms with E-state index in [1.165, 1.54) is 0 Å². The van der Waals surface area contributed by atoms with Gasteiger partial charge >= 0.3 is 0 Å². The molecule has 0 saturated carbocycles. The molecule has 0 spiro atoms. The molecule has 5 heteroatoms. The molecule has 2 heterocycles. The van der Waals surface area contributed by atoms with Crippen molar-refractivity contribution in [2.45, 2.75) is 6.54 Å². The standard InChI is InChI=1S/C8H7ClN4/c1-2-3-13-5-11-6-4-10-8(9)12-7(6)13/h2,4-5H,1,3H2/i4D. The number of allylic oxidation sites excluding steroid dienone is 1. The van der Waals surface area contributed by atoms with Crippen LogP contribution in [0.3, 0.4) is 0 Å². The lowest BCUT2D eigenvalue weighted by molar-refractivity contribution is 0.838. The minimum atomic E-state index is 0.0443. The maximum Gasteiger partial charge on any atom is 0.224 e. The first-order chi connectivity index (χ1) is 6.72. The van der Waals surface area contributed by atoms with Crippen LogP contribution in [0.5, 0.6) is 0 Å². The van der Waals surface area contributed by atoms with E-state index in [2.05, 4.69) is 21.5 Å². The van der Waals surface area contributed by atoms with E-state index in [-0.39, 0.29) is 11.5 Å². The van der Waals surface area contributed by atoms with Gasteiger partial charge in [-0.25, -0.2) is 9.97 Å². The summed E-state index contributed by atoms with van der Waals surface area (Å²) >= 11 is 5.64. The van der Waals surface area contributed by atoms with Crippen LogP contribution in [0.1, 0.15) is 1.37 Å². The van der Waals surface area contributed by atoms with Crippen LogP contribution >= 0.6 is 11.6 Å². The summed E-state index contributed by atoms with van der Waals surface area (Å²) in [6, 6.07) is 0. The van der Waals surface area contributed by atoms with Gasteiger partial charge in [0.15, 0.2) is 5.65 Å². The Kier molecular flexibility index (Phi) is 1.70. The molecule has 0 N–H and O–H groups in total. The van der Waals surface area contributed by atoms with Crippen molar-refractivity contribution in [3.05, 3.63) is 30.4 Å². The quantitative estimate of drug-likeness (QED) is 0.541. The predicted octanol–water partition coefficient (Wildman–Crippen LogP) is 1.67. The second-order valence-electron chi connectivity index (χ2n) is 2.46. The van der Waals surface area contributed by atoms with E-state index >= 15 is 0 Å². The van der Waals surface area contributed by atoms with Crippen LogP contribution in [0.4, 0.5) is 0 Å².